The van der Waals surface area contributed by atoms with E-state index in [2.05, 4.69) is 20.8 Å². The van der Waals surface area contributed by atoms with Crippen LogP contribution in [0.15, 0.2) is 36.4 Å². The maximum Gasteiger partial charge on any atom is 0.242 e. The summed E-state index contributed by atoms with van der Waals surface area (Å²) in [5, 5.41) is 15.5. The largest absolute Gasteiger partial charge is 0.493 e. The molecule has 1 heterocycles. The molecule has 0 unspecified atom stereocenters. The fraction of sp³-hybridized carbons (Fsp3) is 0.235. The second kappa shape index (κ2) is 8.25. The van der Waals surface area contributed by atoms with E-state index in [1.165, 1.54) is 0 Å². The summed E-state index contributed by atoms with van der Waals surface area (Å²) in [6, 6.07) is 11.1. The minimum Gasteiger partial charge on any atom is -0.493 e. The lowest BCUT2D eigenvalue weighted by molar-refractivity contribution is 0.284. The number of rotatable bonds is 7. The molecule has 136 valence electrons. The van der Waals surface area contributed by atoms with E-state index in [0.29, 0.717) is 40.6 Å². The molecule has 3 aromatic rings. The molecule has 0 aliphatic carbocycles. The molecule has 7 nitrogen and oxygen atoms in total. The molecule has 0 aliphatic heterocycles. The zero-order valence-electron chi connectivity index (χ0n) is 14.2. The van der Waals surface area contributed by atoms with E-state index in [1.807, 2.05) is 36.4 Å². The van der Waals surface area contributed by atoms with E-state index in [0.717, 1.165) is 11.1 Å². The van der Waals surface area contributed by atoms with Gasteiger partial charge in [-0.1, -0.05) is 40.4 Å². The van der Waals surface area contributed by atoms with Crippen molar-refractivity contribution in [1.82, 2.24) is 20.2 Å². The Morgan fingerprint density at radius 1 is 1.15 bits per heavy atom. The van der Waals surface area contributed by atoms with Gasteiger partial charge in [-0.3, -0.25) is 0 Å². The molecular weight excluding hydrogens is 377 g/mol. The van der Waals surface area contributed by atoms with E-state index in [4.69, 9.17) is 32.7 Å². The fourth-order valence-corrected chi connectivity index (χ4v) is 2.86. The van der Waals surface area contributed by atoms with Gasteiger partial charge in [-0.2, -0.15) is 0 Å². The lowest BCUT2D eigenvalue weighted by atomic mass is 10.2. The molecule has 1 aromatic heterocycles. The van der Waals surface area contributed by atoms with E-state index < -0.39 is 0 Å². The molecule has 0 radical (unpaired) electrons. The van der Waals surface area contributed by atoms with Gasteiger partial charge in [0.1, 0.15) is 6.61 Å². The number of aromatic nitrogens is 4. The van der Waals surface area contributed by atoms with Crippen LogP contribution in [-0.4, -0.2) is 27.3 Å². The van der Waals surface area contributed by atoms with Crippen LogP contribution in [-0.2, 0) is 20.2 Å². The molecule has 0 saturated heterocycles. The van der Waals surface area contributed by atoms with Crippen LogP contribution in [0.4, 0.5) is 5.95 Å². The van der Waals surface area contributed by atoms with Crippen molar-refractivity contribution in [3.8, 4) is 11.5 Å². The normalized spacial score (nSPS) is 10.6. The number of nitrogens with one attached hydrogen (secondary N) is 1. The average Bonchev–Trinajstić information content (AvgIpc) is 3.03. The number of nitrogens with zero attached hydrogens (tertiary/aromatic N) is 4. The van der Waals surface area contributed by atoms with Crippen molar-refractivity contribution in [3.05, 3.63) is 57.6 Å². The molecule has 2 aromatic carbocycles. The SMILES string of the molecule is COc1cc(CNc2nnnn2C)cc(Cl)c1OCc1cccc(Cl)c1. The Hall–Kier alpha value is -2.51. The molecule has 3 rings (SSSR count). The molecule has 0 aliphatic rings. The molecular formula is C17H17Cl2N5O2. The number of ether oxygens (including phenoxy) is 2. The lowest BCUT2D eigenvalue weighted by Crippen LogP contribution is -2.06. The van der Waals surface area contributed by atoms with Crippen molar-refractivity contribution in [2.75, 3.05) is 12.4 Å². The van der Waals surface area contributed by atoms with E-state index >= 15 is 0 Å². The summed E-state index contributed by atoms with van der Waals surface area (Å²) in [7, 11) is 3.32. The van der Waals surface area contributed by atoms with Crippen LogP contribution in [0.5, 0.6) is 11.5 Å². The van der Waals surface area contributed by atoms with Crippen molar-refractivity contribution in [2.45, 2.75) is 13.2 Å². The summed E-state index contributed by atoms with van der Waals surface area (Å²) in [5.41, 5.74) is 1.85. The number of hydrogen-bond donors (Lipinski definition) is 1. The van der Waals surface area contributed by atoms with Crippen molar-refractivity contribution in [2.24, 2.45) is 7.05 Å². The third kappa shape index (κ3) is 4.36. The Labute approximate surface area is 160 Å². The number of benzene rings is 2. The number of aryl methyl sites for hydroxylation is 1. The van der Waals surface area contributed by atoms with Crippen molar-refractivity contribution in [3.63, 3.8) is 0 Å². The second-order valence-corrected chi connectivity index (χ2v) is 6.35. The maximum atomic E-state index is 6.40. The topological polar surface area (TPSA) is 74.1 Å². The quantitative estimate of drug-likeness (QED) is 0.659. The van der Waals surface area contributed by atoms with Crippen LogP contribution in [0, 0.1) is 0 Å². The van der Waals surface area contributed by atoms with Gasteiger partial charge < -0.3 is 14.8 Å². The van der Waals surface area contributed by atoms with Gasteiger partial charge in [-0.25, -0.2) is 4.68 Å². The monoisotopic (exact) mass is 393 g/mol. The van der Waals surface area contributed by atoms with Crippen LogP contribution in [0.2, 0.25) is 10.0 Å². The van der Waals surface area contributed by atoms with Gasteiger partial charge in [0.15, 0.2) is 11.5 Å². The van der Waals surface area contributed by atoms with Gasteiger partial charge in [0.25, 0.3) is 0 Å². The predicted molar refractivity (Wildman–Crippen MR) is 99.9 cm³/mol. The third-order valence-corrected chi connectivity index (χ3v) is 4.15. The van der Waals surface area contributed by atoms with Gasteiger partial charge in [0.05, 0.1) is 12.1 Å². The first-order valence-electron chi connectivity index (χ1n) is 7.76. The number of hydrogen-bond acceptors (Lipinski definition) is 6. The molecule has 0 spiro atoms. The zero-order valence-corrected chi connectivity index (χ0v) is 15.8. The van der Waals surface area contributed by atoms with Gasteiger partial charge in [0, 0.05) is 18.6 Å². The molecule has 26 heavy (non-hydrogen) atoms. The van der Waals surface area contributed by atoms with Crippen LogP contribution in [0.3, 0.4) is 0 Å². The lowest BCUT2D eigenvalue weighted by Gasteiger charge is -2.15. The molecule has 0 saturated carbocycles. The van der Waals surface area contributed by atoms with E-state index in [1.54, 1.807) is 18.8 Å². The predicted octanol–water partition coefficient (Wildman–Crippen LogP) is 3.72. The second-order valence-electron chi connectivity index (χ2n) is 5.51. The van der Waals surface area contributed by atoms with Crippen LogP contribution in [0.25, 0.3) is 0 Å². The Bertz CT molecular complexity index is 901. The Balaban J connectivity index is 1.73. The van der Waals surface area contributed by atoms with Gasteiger partial charge in [-0.15, -0.1) is 0 Å². The highest BCUT2D eigenvalue weighted by atomic mass is 35.5. The summed E-state index contributed by atoms with van der Waals surface area (Å²) >= 11 is 12.4. The maximum absolute atomic E-state index is 6.40. The third-order valence-electron chi connectivity index (χ3n) is 3.63. The average molecular weight is 394 g/mol. The summed E-state index contributed by atoms with van der Waals surface area (Å²) in [6.07, 6.45) is 0. The smallest absolute Gasteiger partial charge is 0.242 e. The van der Waals surface area contributed by atoms with Crippen molar-refractivity contribution < 1.29 is 9.47 Å². The standard InChI is InChI=1S/C17H17Cl2N5O2/c1-24-17(21-22-23-24)20-9-12-7-14(19)16(15(8-12)25-2)26-10-11-4-3-5-13(18)6-11/h3-8H,9-10H2,1-2H3,(H,20,21,23). The van der Waals surface area contributed by atoms with Gasteiger partial charge in [0.2, 0.25) is 5.95 Å². The number of tetrazole rings is 1. The first-order valence-corrected chi connectivity index (χ1v) is 8.52. The fourth-order valence-electron chi connectivity index (χ4n) is 2.36. The van der Waals surface area contributed by atoms with Crippen LogP contribution in [0.1, 0.15) is 11.1 Å². The molecule has 9 heteroatoms. The number of anilines is 1. The Morgan fingerprint density at radius 3 is 2.69 bits per heavy atom. The molecule has 1 N–H and O–H groups in total. The highest BCUT2D eigenvalue weighted by Gasteiger charge is 2.13. The molecule has 0 bridgehead atoms. The summed E-state index contributed by atoms with van der Waals surface area (Å²) in [6.45, 7) is 0.817. The summed E-state index contributed by atoms with van der Waals surface area (Å²) in [5.74, 6) is 1.59. The highest BCUT2D eigenvalue weighted by Crippen LogP contribution is 2.37. The summed E-state index contributed by atoms with van der Waals surface area (Å²) in [4.78, 5) is 0. The van der Waals surface area contributed by atoms with Crippen molar-refractivity contribution in [1.29, 1.82) is 0 Å². The van der Waals surface area contributed by atoms with Crippen LogP contribution < -0.4 is 14.8 Å². The number of methoxy groups -OCH3 is 1. The minimum atomic E-state index is 0.332. The molecule has 0 atom stereocenters. The van der Waals surface area contributed by atoms with E-state index in [9.17, 15) is 0 Å². The zero-order chi connectivity index (χ0) is 18.5. The molecule has 0 fully saturated rings. The Kier molecular flexibility index (Phi) is 5.80. The number of halogens is 2. The Morgan fingerprint density at radius 2 is 2.00 bits per heavy atom. The first kappa shape index (κ1) is 18.3. The van der Waals surface area contributed by atoms with Gasteiger partial charge in [-0.05, 0) is 45.8 Å². The minimum absolute atomic E-state index is 0.332. The van der Waals surface area contributed by atoms with Crippen molar-refractivity contribution >= 4 is 29.2 Å². The summed E-state index contributed by atoms with van der Waals surface area (Å²) < 4.78 is 12.8. The first-order chi connectivity index (χ1) is 12.6. The van der Waals surface area contributed by atoms with Crippen LogP contribution >= 0.6 is 23.2 Å². The molecule has 0 amide bonds. The highest BCUT2D eigenvalue weighted by molar-refractivity contribution is 6.32. The van der Waals surface area contributed by atoms with E-state index in [-0.39, 0.29) is 0 Å². The van der Waals surface area contributed by atoms with Gasteiger partial charge >= 0.3 is 0 Å².